The maximum atomic E-state index is 9.70. The van der Waals surface area contributed by atoms with E-state index in [0.717, 1.165) is 22.5 Å². The Morgan fingerprint density at radius 2 is 2.14 bits per heavy atom. The zero-order valence-corrected chi connectivity index (χ0v) is 9.33. The molecule has 1 aromatic rings. The zero-order valence-electron chi connectivity index (χ0n) is 9.33. The van der Waals surface area contributed by atoms with Gasteiger partial charge in [0.1, 0.15) is 0 Å². The van der Waals surface area contributed by atoms with E-state index >= 15 is 0 Å². The highest BCUT2D eigenvalue weighted by Crippen LogP contribution is 2.16. The summed E-state index contributed by atoms with van der Waals surface area (Å²) in [6.45, 7) is 9.56. The molecule has 0 amide bonds. The van der Waals surface area contributed by atoms with Gasteiger partial charge in [-0.3, -0.25) is 4.68 Å². The van der Waals surface area contributed by atoms with Gasteiger partial charge in [-0.05, 0) is 26.3 Å². The normalized spacial score (nSPS) is 12.9. The minimum atomic E-state index is -0.461. The highest BCUT2D eigenvalue weighted by Gasteiger charge is 2.14. The Bertz CT molecular complexity index is 352. The quantitative estimate of drug-likeness (QED) is 0.741. The summed E-state index contributed by atoms with van der Waals surface area (Å²) in [5.74, 6) is 0. The lowest BCUT2D eigenvalue weighted by Gasteiger charge is -2.10. The molecule has 1 aromatic heterocycles. The van der Waals surface area contributed by atoms with Crippen LogP contribution in [0.25, 0.3) is 0 Å². The minimum Gasteiger partial charge on any atom is -0.388 e. The molecule has 0 fully saturated rings. The molecule has 0 spiro atoms. The van der Waals surface area contributed by atoms with Crippen molar-refractivity contribution in [3.8, 4) is 0 Å². The first-order valence-corrected chi connectivity index (χ1v) is 4.76. The van der Waals surface area contributed by atoms with E-state index in [4.69, 9.17) is 0 Å². The summed E-state index contributed by atoms with van der Waals surface area (Å²) >= 11 is 0. The lowest BCUT2D eigenvalue weighted by molar-refractivity contribution is 0.211. The van der Waals surface area contributed by atoms with Gasteiger partial charge in [0.2, 0.25) is 0 Å². The van der Waals surface area contributed by atoms with Crippen LogP contribution >= 0.6 is 0 Å². The molecule has 0 radical (unpaired) electrons. The average Bonchev–Trinajstić information content (AvgIpc) is 2.32. The van der Waals surface area contributed by atoms with Crippen molar-refractivity contribution in [1.29, 1.82) is 0 Å². The van der Waals surface area contributed by atoms with Crippen molar-refractivity contribution < 1.29 is 5.11 Å². The summed E-state index contributed by atoms with van der Waals surface area (Å²) in [5.41, 5.74) is 4.03. The molecule has 0 aromatic carbocycles. The van der Waals surface area contributed by atoms with Crippen molar-refractivity contribution >= 4 is 0 Å². The third-order valence-corrected chi connectivity index (χ3v) is 2.63. The molecule has 1 unspecified atom stereocenters. The number of aliphatic hydroxyl groups excluding tert-OH is 1. The molecule has 1 atom stereocenters. The second-order valence-corrected chi connectivity index (χ2v) is 3.84. The van der Waals surface area contributed by atoms with Gasteiger partial charge in [-0.15, -0.1) is 0 Å². The van der Waals surface area contributed by atoms with Gasteiger partial charge in [0.05, 0.1) is 11.8 Å². The topological polar surface area (TPSA) is 38.1 Å². The molecule has 14 heavy (non-hydrogen) atoms. The molecule has 0 bridgehead atoms. The number of nitrogens with zero attached hydrogens (tertiary/aromatic N) is 2. The van der Waals surface area contributed by atoms with Crippen LogP contribution in [0.4, 0.5) is 0 Å². The second kappa shape index (κ2) is 3.96. The number of hydrogen-bond donors (Lipinski definition) is 1. The van der Waals surface area contributed by atoms with Crippen LogP contribution in [-0.2, 0) is 13.5 Å². The van der Waals surface area contributed by atoms with Gasteiger partial charge in [-0.25, -0.2) is 0 Å². The SMILES string of the molecule is C=C(C)C(O)Cc1c(C)nn(C)c1C. The molecule has 0 saturated heterocycles. The molecule has 0 aliphatic carbocycles. The number of aliphatic hydroxyl groups is 1. The Morgan fingerprint density at radius 1 is 1.57 bits per heavy atom. The fraction of sp³-hybridized carbons (Fsp3) is 0.545. The van der Waals surface area contributed by atoms with Gasteiger partial charge in [0.25, 0.3) is 0 Å². The van der Waals surface area contributed by atoms with Crippen LogP contribution < -0.4 is 0 Å². The summed E-state index contributed by atoms with van der Waals surface area (Å²) in [6, 6.07) is 0. The highest BCUT2D eigenvalue weighted by molar-refractivity contribution is 5.26. The largest absolute Gasteiger partial charge is 0.388 e. The molecule has 3 heteroatoms. The van der Waals surface area contributed by atoms with Crippen LogP contribution in [0.15, 0.2) is 12.2 Å². The molecule has 0 saturated carbocycles. The predicted molar refractivity (Wildman–Crippen MR) is 57.2 cm³/mol. The second-order valence-electron chi connectivity index (χ2n) is 3.84. The van der Waals surface area contributed by atoms with E-state index in [9.17, 15) is 5.11 Å². The Labute approximate surface area is 85.1 Å². The lowest BCUT2D eigenvalue weighted by atomic mass is 10.0. The molecule has 0 aliphatic rings. The first-order chi connectivity index (χ1) is 6.43. The van der Waals surface area contributed by atoms with Crippen LogP contribution in [0, 0.1) is 13.8 Å². The number of aromatic nitrogens is 2. The summed E-state index contributed by atoms with van der Waals surface area (Å²) < 4.78 is 1.84. The van der Waals surface area contributed by atoms with Crippen molar-refractivity contribution in [2.45, 2.75) is 33.3 Å². The average molecular weight is 194 g/mol. The lowest BCUT2D eigenvalue weighted by Crippen LogP contribution is -2.12. The number of hydrogen-bond acceptors (Lipinski definition) is 2. The predicted octanol–water partition coefficient (Wildman–Crippen LogP) is 1.52. The first kappa shape index (κ1) is 11.0. The van der Waals surface area contributed by atoms with Crippen LogP contribution in [0.2, 0.25) is 0 Å². The maximum Gasteiger partial charge on any atom is 0.0786 e. The van der Waals surface area contributed by atoms with Crippen molar-refractivity contribution in [1.82, 2.24) is 9.78 Å². The van der Waals surface area contributed by atoms with E-state index in [0.29, 0.717) is 6.42 Å². The fourth-order valence-electron chi connectivity index (χ4n) is 1.48. The van der Waals surface area contributed by atoms with E-state index in [1.165, 1.54) is 0 Å². The standard InChI is InChI=1S/C11H18N2O/c1-7(2)11(14)6-10-8(3)12-13(5)9(10)4/h11,14H,1,6H2,2-5H3. The first-order valence-electron chi connectivity index (χ1n) is 4.76. The van der Waals surface area contributed by atoms with E-state index in [1.54, 1.807) is 0 Å². The monoisotopic (exact) mass is 194 g/mol. The van der Waals surface area contributed by atoms with E-state index < -0.39 is 6.10 Å². The van der Waals surface area contributed by atoms with Gasteiger partial charge in [-0.2, -0.15) is 5.10 Å². The van der Waals surface area contributed by atoms with Gasteiger partial charge in [0, 0.05) is 19.2 Å². The highest BCUT2D eigenvalue weighted by atomic mass is 16.3. The summed E-state index contributed by atoms with van der Waals surface area (Å²) in [4.78, 5) is 0. The molecule has 1 N–H and O–H groups in total. The maximum absolute atomic E-state index is 9.70. The van der Waals surface area contributed by atoms with Crippen LogP contribution in [0.3, 0.4) is 0 Å². The van der Waals surface area contributed by atoms with Gasteiger partial charge < -0.3 is 5.11 Å². The van der Waals surface area contributed by atoms with Crippen molar-refractivity contribution in [2.24, 2.45) is 7.05 Å². The summed E-state index contributed by atoms with van der Waals surface area (Å²) in [7, 11) is 1.92. The van der Waals surface area contributed by atoms with Gasteiger partial charge >= 0.3 is 0 Å². The Hall–Kier alpha value is -1.09. The third kappa shape index (κ3) is 2.04. The summed E-state index contributed by atoms with van der Waals surface area (Å²) in [5, 5.41) is 14.0. The minimum absolute atomic E-state index is 0.461. The van der Waals surface area contributed by atoms with E-state index in [2.05, 4.69) is 11.7 Å². The molecule has 3 nitrogen and oxygen atoms in total. The van der Waals surface area contributed by atoms with Crippen LogP contribution in [0.1, 0.15) is 23.9 Å². The van der Waals surface area contributed by atoms with E-state index in [1.807, 2.05) is 32.5 Å². The Kier molecular flexibility index (Phi) is 3.11. The molecule has 0 aliphatic heterocycles. The van der Waals surface area contributed by atoms with E-state index in [-0.39, 0.29) is 0 Å². The molecule has 1 rings (SSSR count). The zero-order chi connectivity index (χ0) is 10.9. The number of rotatable bonds is 3. The summed E-state index contributed by atoms with van der Waals surface area (Å²) in [6.07, 6.45) is 0.150. The van der Waals surface area contributed by atoms with Gasteiger partial charge in [0.15, 0.2) is 0 Å². The Morgan fingerprint density at radius 3 is 2.50 bits per heavy atom. The molecular formula is C11H18N2O. The smallest absolute Gasteiger partial charge is 0.0786 e. The fourth-order valence-corrected chi connectivity index (χ4v) is 1.48. The van der Waals surface area contributed by atoms with Crippen LogP contribution in [-0.4, -0.2) is 21.0 Å². The molecule has 1 heterocycles. The van der Waals surface area contributed by atoms with Crippen molar-refractivity contribution in [3.63, 3.8) is 0 Å². The van der Waals surface area contributed by atoms with Crippen LogP contribution in [0.5, 0.6) is 0 Å². The molecular weight excluding hydrogens is 176 g/mol. The number of aryl methyl sites for hydroxylation is 2. The third-order valence-electron chi connectivity index (χ3n) is 2.63. The van der Waals surface area contributed by atoms with Gasteiger partial charge in [-0.1, -0.05) is 12.2 Å². The van der Waals surface area contributed by atoms with Crippen molar-refractivity contribution in [2.75, 3.05) is 0 Å². The van der Waals surface area contributed by atoms with Crippen molar-refractivity contribution in [3.05, 3.63) is 29.1 Å². The molecule has 78 valence electrons. The Balaban J connectivity index is 2.91.